The Kier molecular flexibility index (Phi) is 10.4. The van der Waals surface area contributed by atoms with Crippen molar-refractivity contribution in [2.75, 3.05) is 23.8 Å². The van der Waals surface area contributed by atoms with Gasteiger partial charge in [0.15, 0.2) is 0 Å². The topological polar surface area (TPSA) is 79.5 Å². The minimum atomic E-state index is -0.186. The van der Waals surface area contributed by atoms with Gasteiger partial charge in [-0.25, -0.2) is 0 Å². The van der Waals surface area contributed by atoms with E-state index in [1.54, 1.807) is 24.3 Å². The molecule has 0 heterocycles. The van der Waals surface area contributed by atoms with Crippen molar-refractivity contribution < 1.29 is 14.3 Å². The molecule has 0 aliphatic heterocycles. The molecular weight excluding hydrogens is 390 g/mol. The summed E-state index contributed by atoms with van der Waals surface area (Å²) in [5.41, 5.74) is 1.95. The molecule has 2 aromatic carbocycles. The van der Waals surface area contributed by atoms with Crippen molar-refractivity contribution in [3.8, 4) is 5.75 Å². The average molecular weight is 426 g/mol. The van der Waals surface area contributed by atoms with Crippen LogP contribution in [0.25, 0.3) is 0 Å². The summed E-state index contributed by atoms with van der Waals surface area (Å²) in [5.74, 6) is 0.489. The first-order valence-corrected chi connectivity index (χ1v) is 11.2. The molecule has 6 heteroatoms. The van der Waals surface area contributed by atoms with Crippen LogP contribution in [0, 0.1) is 0 Å². The van der Waals surface area contributed by atoms with Crippen LogP contribution in [0.2, 0.25) is 0 Å². The van der Waals surface area contributed by atoms with Gasteiger partial charge in [-0.3, -0.25) is 9.59 Å². The van der Waals surface area contributed by atoms with Crippen molar-refractivity contribution in [1.29, 1.82) is 0 Å². The zero-order valence-electron chi connectivity index (χ0n) is 18.9. The van der Waals surface area contributed by atoms with Crippen LogP contribution in [0.5, 0.6) is 5.75 Å². The number of nitrogens with one attached hydrogen (secondary N) is 3. The molecule has 0 aliphatic carbocycles. The molecule has 0 aliphatic rings. The monoisotopic (exact) mass is 425 g/mol. The van der Waals surface area contributed by atoms with Crippen LogP contribution in [0.4, 0.5) is 11.4 Å². The fourth-order valence-corrected chi connectivity index (χ4v) is 3.04. The summed E-state index contributed by atoms with van der Waals surface area (Å²) in [6.07, 6.45) is 6.07. The van der Waals surface area contributed by atoms with Gasteiger partial charge in [0.1, 0.15) is 5.75 Å². The van der Waals surface area contributed by atoms with Gasteiger partial charge >= 0.3 is 0 Å². The van der Waals surface area contributed by atoms with Gasteiger partial charge in [0.25, 0.3) is 5.91 Å². The van der Waals surface area contributed by atoms with Crippen LogP contribution >= 0.6 is 0 Å². The lowest BCUT2D eigenvalue weighted by molar-refractivity contribution is -0.114. The molecule has 31 heavy (non-hydrogen) atoms. The van der Waals surface area contributed by atoms with Gasteiger partial charge < -0.3 is 20.7 Å². The number of rotatable bonds is 13. The smallest absolute Gasteiger partial charge is 0.251 e. The third-order valence-electron chi connectivity index (χ3n) is 4.65. The SMILES string of the molecule is CCCCCCCOc1ccc(NCC(=O)Nc2cccc(C(=O)NC(C)C)c2)cc1. The number of benzene rings is 2. The second kappa shape index (κ2) is 13.3. The van der Waals surface area contributed by atoms with E-state index < -0.39 is 0 Å². The lowest BCUT2D eigenvalue weighted by Gasteiger charge is -2.11. The van der Waals surface area contributed by atoms with Crippen molar-refractivity contribution in [3.05, 3.63) is 54.1 Å². The van der Waals surface area contributed by atoms with Crippen molar-refractivity contribution in [1.82, 2.24) is 5.32 Å². The predicted octanol–water partition coefficient (Wildman–Crippen LogP) is 5.22. The molecule has 2 rings (SSSR count). The highest BCUT2D eigenvalue weighted by atomic mass is 16.5. The van der Waals surface area contributed by atoms with E-state index in [1.807, 2.05) is 38.1 Å². The van der Waals surface area contributed by atoms with Crippen LogP contribution in [0.3, 0.4) is 0 Å². The number of amides is 2. The molecule has 0 fully saturated rings. The van der Waals surface area contributed by atoms with E-state index in [1.165, 1.54) is 25.7 Å². The number of anilines is 2. The molecule has 0 unspecified atom stereocenters. The van der Waals surface area contributed by atoms with E-state index in [0.29, 0.717) is 11.3 Å². The number of ether oxygens (including phenoxy) is 1. The Balaban J connectivity index is 1.74. The van der Waals surface area contributed by atoms with Crippen molar-refractivity contribution in [2.45, 2.75) is 58.9 Å². The highest BCUT2D eigenvalue weighted by molar-refractivity contribution is 5.98. The van der Waals surface area contributed by atoms with E-state index in [-0.39, 0.29) is 24.4 Å². The minimum Gasteiger partial charge on any atom is -0.494 e. The van der Waals surface area contributed by atoms with Gasteiger partial charge in [0, 0.05) is 23.0 Å². The molecule has 0 saturated carbocycles. The van der Waals surface area contributed by atoms with Crippen molar-refractivity contribution in [3.63, 3.8) is 0 Å². The third-order valence-corrected chi connectivity index (χ3v) is 4.65. The predicted molar refractivity (Wildman–Crippen MR) is 127 cm³/mol. The molecule has 3 N–H and O–H groups in total. The maximum atomic E-state index is 12.3. The van der Waals surface area contributed by atoms with Crippen LogP contribution < -0.4 is 20.7 Å². The van der Waals surface area contributed by atoms with E-state index in [0.717, 1.165) is 24.5 Å². The first-order valence-electron chi connectivity index (χ1n) is 11.2. The summed E-state index contributed by atoms with van der Waals surface area (Å²) in [6, 6.07) is 14.6. The second-order valence-electron chi connectivity index (χ2n) is 7.90. The van der Waals surface area contributed by atoms with Gasteiger partial charge in [0.2, 0.25) is 5.91 Å². The van der Waals surface area contributed by atoms with E-state index in [4.69, 9.17) is 4.74 Å². The van der Waals surface area contributed by atoms with Gasteiger partial charge in [-0.2, -0.15) is 0 Å². The Hall–Kier alpha value is -3.02. The number of hydrogen-bond donors (Lipinski definition) is 3. The van der Waals surface area contributed by atoms with Gasteiger partial charge in [-0.15, -0.1) is 0 Å². The summed E-state index contributed by atoms with van der Waals surface area (Å²) >= 11 is 0. The van der Waals surface area contributed by atoms with Crippen LogP contribution in [0.15, 0.2) is 48.5 Å². The molecule has 0 spiro atoms. The number of hydrogen-bond acceptors (Lipinski definition) is 4. The quantitative estimate of drug-likeness (QED) is 0.384. The minimum absolute atomic E-state index is 0.0533. The van der Waals surface area contributed by atoms with Crippen molar-refractivity contribution >= 4 is 23.2 Å². The standard InChI is InChI=1S/C25H35N3O3/c1-4-5-6-7-8-16-31-23-14-12-21(13-15-23)26-18-24(29)28-22-11-9-10-20(17-22)25(30)27-19(2)3/h9-15,17,19,26H,4-8,16,18H2,1-3H3,(H,27,30)(H,28,29). The summed E-state index contributed by atoms with van der Waals surface area (Å²) in [5, 5.41) is 8.75. The van der Waals surface area contributed by atoms with Crippen molar-refractivity contribution in [2.24, 2.45) is 0 Å². The van der Waals surface area contributed by atoms with Crippen LogP contribution in [-0.4, -0.2) is 31.0 Å². The highest BCUT2D eigenvalue weighted by Crippen LogP contribution is 2.16. The Bertz CT molecular complexity index is 819. The fraction of sp³-hybridized carbons (Fsp3) is 0.440. The molecule has 2 amide bonds. The Morgan fingerprint density at radius 2 is 1.68 bits per heavy atom. The summed E-state index contributed by atoms with van der Waals surface area (Å²) in [4.78, 5) is 24.4. The number of unbranched alkanes of at least 4 members (excludes halogenated alkanes) is 4. The summed E-state index contributed by atoms with van der Waals surface area (Å²) in [7, 11) is 0. The molecule has 168 valence electrons. The second-order valence-corrected chi connectivity index (χ2v) is 7.90. The summed E-state index contributed by atoms with van der Waals surface area (Å²) < 4.78 is 5.76. The van der Waals surface area contributed by atoms with Crippen LogP contribution in [0.1, 0.15) is 63.2 Å². The molecule has 0 radical (unpaired) electrons. The average Bonchev–Trinajstić information content (AvgIpc) is 2.75. The fourth-order valence-electron chi connectivity index (χ4n) is 3.04. The largest absolute Gasteiger partial charge is 0.494 e. The summed E-state index contributed by atoms with van der Waals surface area (Å²) in [6.45, 7) is 6.88. The zero-order chi connectivity index (χ0) is 22.5. The Morgan fingerprint density at radius 3 is 2.39 bits per heavy atom. The Morgan fingerprint density at radius 1 is 0.935 bits per heavy atom. The molecule has 0 saturated heterocycles. The zero-order valence-corrected chi connectivity index (χ0v) is 18.9. The Labute approximate surface area is 185 Å². The lowest BCUT2D eigenvalue weighted by atomic mass is 10.1. The number of carbonyl (C=O) groups excluding carboxylic acids is 2. The highest BCUT2D eigenvalue weighted by Gasteiger charge is 2.09. The maximum Gasteiger partial charge on any atom is 0.251 e. The van der Waals surface area contributed by atoms with Crippen LogP contribution in [-0.2, 0) is 4.79 Å². The maximum absolute atomic E-state index is 12.3. The van der Waals surface area contributed by atoms with Gasteiger partial charge in [0.05, 0.1) is 13.2 Å². The number of carbonyl (C=O) groups is 2. The lowest BCUT2D eigenvalue weighted by Crippen LogP contribution is -2.30. The normalized spacial score (nSPS) is 10.6. The molecule has 2 aromatic rings. The first kappa shape index (κ1) is 24.3. The molecule has 0 aromatic heterocycles. The van der Waals surface area contributed by atoms with E-state index >= 15 is 0 Å². The molecule has 0 bridgehead atoms. The van der Waals surface area contributed by atoms with Gasteiger partial charge in [-0.1, -0.05) is 38.7 Å². The van der Waals surface area contributed by atoms with Gasteiger partial charge in [-0.05, 0) is 62.7 Å². The van der Waals surface area contributed by atoms with E-state index in [2.05, 4.69) is 22.9 Å². The molecule has 6 nitrogen and oxygen atoms in total. The molecular formula is C25H35N3O3. The van der Waals surface area contributed by atoms with E-state index in [9.17, 15) is 9.59 Å². The first-order chi connectivity index (χ1) is 15.0. The third kappa shape index (κ3) is 9.55. The molecule has 0 atom stereocenters.